The summed E-state index contributed by atoms with van der Waals surface area (Å²) >= 11 is 0. The maximum absolute atomic E-state index is 8.94. The van der Waals surface area contributed by atoms with Gasteiger partial charge >= 0.3 is 63.5 Å². The summed E-state index contributed by atoms with van der Waals surface area (Å²) in [6.45, 7) is -3.21. The van der Waals surface area contributed by atoms with Crippen LogP contribution in [0.4, 0.5) is 0 Å². The Bertz CT molecular complexity index is 191. The summed E-state index contributed by atoms with van der Waals surface area (Å²) in [5, 5.41) is 35.7. The van der Waals surface area contributed by atoms with Crippen molar-refractivity contribution in [2.45, 2.75) is 0 Å². The molecule has 0 aromatic heterocycles. The van der Waals surface area contributed by atoms with Gasteiger partial charge in [-0.25, -0.2) is 0 Å². The Kier molecular flexibility index (Phi) is 9.53. The Balaban J connectivity index is 0. The molecular weight excluding hydrogens is 450 g/mol. The zero-order valence-electron chi connectivity index (χ0n) is 8.70. The van der Waals surface area contributed by atoms with E-state index in [-0.39, 0.29) is 38.3 Å². The van der Waals surface area contributed by atoms with Crippen LogP contribution in [0, 0.1) is 0 Å². The van der Waals surface area contributed by atoms with Gasteiger partial charge in [-0.1, -0.05) is 0 Å². The molecule has 2 rings (SSSR count). The van der Waals surface area contributed by atoms with E-state index in [2.05, 4.69) is 27.4 Å². The third kappa shape index (κ3) is 5.04. The van der Waals surface area contributed by atoms with E-state index in [0.29, 0.717) is 0 Å². The van der Waals surface area contributed by atoms with E-state index in [1.807, 2.05) is 0 Å². The Hall–Kier alpha value is 0.767. The van der Waals surface area contributed by atoms with Crippen molar-refractivity contribution in [1.29, 1.82) is 0 Å². The average molecular weight is 458 g/mol. The monoisotopic (exact) mass is 460 g/mol. The van der Waals surface area contributed by atoms with Crippen LogP contribution in [-0.4, -0.2) is 94.6 Å². The van der Waals surface area contributed by atoms with E-state index in [1.54, 1.807) is 0 Å². The minimum atomic E-state index is -3.21. The topological polar surface area (TPSA) is 199 Å². The molecular formula is H8B5O12Tl. The molecule has 0 amide bonds. The third-order valence-corrected chi connectivity index (χ3v) is 1.60. The molecule has 0 atom stereocenters. The van der Waals surface area contributed by atoms with E-state index in [9.17, 15) is 0 Å². The molecule has 1 spiro atoms. The standard InChI is InChI=1S/B5H4O10.2H2O.Tl/c6-1-10-2(7)13-5(12-1)14-3(8)11-4(9)15-5;;;/h6-9H;2*1H2;/q-1;;;+1. The van der Waals surface area contributed by atoms with Gasteiger partial charge in [-0.05, 0) is 0 Å². The first-order valence-corrected chi connectivity index (χ1v) is 3.86. The van der Waals surface area contributed by atoms with Gasteiger partial charge in [0, 0.05) is 0 Å². The molecule has 18 heavy (non-hydrogen) atoms. The van der Waals surface area contributed by atoms with Gasteiger partial charge in [0.25, 0.3) is 0 Å². The SMILES string of the molecule is O.O.OB1OB(O)O[B-]2(O1)OB(O)OB(O)O2.[Tl+]. The molecule has 2 saturated heterocycles. The number of rotatable bonds is 0. The summed E-state index contributed by atoms with van der Waals surface area (Å²) in [5.74, 6) is 0. The van der Waals surface area contributed by atoms with E-state index in [0.717, 1.165) is 0 Å². The van der Waals surface area contributed by atoms with Crippen molar-refractivity contribution in [2.24, 2.45) is 0 Å². The minimum absolute atomic E-state index is 0. The third-order valence-electron chi connectivity index (χ3n) is 1.60. The normalized spacial score (nSPS) is 22.0. The molecule has 12 nitrogen and oxygen atoms in total. The van der Waals surface area contributed by atoms with Gasteiger partial charge in [0.15, 0.2) is 0 Å². The molecule has 2 aliphatic rings. The molecule has 2 heterocycles. The summed E-state index contributed by atoms with van der Waals surface area (Å²) in [7, 11) is -7.59. The fourth-order valence-electron chi connectivity index (χ4n) is 1.09. The second-order valence-corrected chi connectivity index (χ2v) is 2.62. The van der Waals surface area contributed by atoms with Crippen molar-refractivity contribution in [3.63, 3.8) is 0 Å². The van der Waals surface area contributed by atoms with Crippen molar-refractivity contribution in [1.82, 2.24) is 0 Å². The van der Waals surface area contributed by atoms with Crippen LogP contribution in [0.25, 0.3) is 0 Å². The summed E-state index contributed by atoms with van der Waals surface area (Å²) in [6.07, 6.45) is 0. The van der Waals surface area contributed by atoms with Gasteiger partial charge in [0.05, 0.1) is 0 Å². The average Bonchev–Trinajstić information content (AvgIpc) is 1.96. The van der Waals surface area contributed by atoms with Crippen molar-refractivity contribution in [3.05, 3.63) is 0 Å². The predicted octanol–water partition coefficient (Wildman–Crippen LogP) is -6.57. The maximum atomic E-state index is 8.94. The Labute approximate surface area is 122 Å². The van der Waals surface area contributed by atoms with Gasteiger partial charge in [-0.3, -0.25) is 0 Å². The van der Waals surface area contributed by atoms with E-state index < -0.39 is 36.2 Å². The van der Waals surface area contributed by atoms with Gasteiger partial charge in [0.1, 0.15) is 0 Å². The molecule has 18 heteroatoms. The largest absolute Gasteiger partial charge is 1.00 e. The fourth-order valence-corrected chi connectivity index (χ4v) is 1.09. The zero-order valence-corrected chi connectivity index (χ0v) is 13.2. The Morgan fingerprint density at radius 1 is 0.611 bits per heavy atom. The van der Waals surface area contributed by atoms with Gasteiger partial charge < -0.3 is 58.5 Å². The first-order valence-electron chi connectivity index (χ1n) is 3.86. The van der Waals surface area contributed by atoms with E-state index in [1.165, 1.54) is 0 Å². The first kappa shape index (κ1) is 21.1. The molecule has 2 aliphatic heterocycles. The van der Waals surface area contributed by atoms with Crippen molar-refractivity contribution >= 4 is 63.5 Å². The fraction of sp³-hybridized carbons (Fsp3) is 0. The summed E-state index contributed by atoms with van der Waals surface area (Å²) in [6, 6.07) is 0. The van der Waals surface area contributed by atoms with Gasteiger partial charge in [0.2, 0.25) is 0 Å². The quantitative estimate of drug-likeness (QED) is 0.253. The zero-order chi connectivity index (χ0) is 11.1. The summed E-state index contributed by atoms with van der Waals surface area (Å²) in [4.78, 5) is 0. The van der Waals surface area contributed by atoms with Crippen molar-refractivity contribution in [3.8, 4) is 0 Å². The minimum Gasteiger partial charge on any atom is -0.539 e. The number of hydrogen-bond acceptors (Lipinski definition) is 10. The van der Waals surface area contributed by atoms with Crippen LogP contribution in [0.5, 0.6) is 0 Å². The molecule has 0 unspecified atom stereocenters. The maximum Gasteiger partial charge on any atom is 1.00 e. The van der Waals surface area contributed by atoms with E-state index >= 15 is 0 Å². The molecule has 0 saturated carbocycles. The molecule has 0 aromatic carbocycles. The Morgan fingerprint density at radius 2 is 0.833 bits per heavy atom. The molecule has 0 bridgehead atoms. The predicted molar refractivity (Wildman–Crippen MR) is 57.1 cm³/mol. The molecule has 0 aromatic rings. The molecule has 2 fully saturated rings. The summed E-state index contributed by atoms with van der Waals surface area (Å²) < 4.78 is 26.4. The van der Waals surface area contributed by atoms with Crippen LogP contribution >= 0.6 is 0 Å². The first-order chi connectivity index (χ1) is 6.99. The number of hydrogen-bond donors (Lipinski definition) is 4. The van der Waals surface area contributed by atoms with Crippen LogP contribution in [0.15, 0.2) is 0 Å². The van der Waals surface area contributed by atoms with Crippen LogP contribution in [0.2, 0.25) is 0 Å². The second kappa shape index (κ2) is 8.14. The van der Waals surface area contributed by atoms with Crippen molar-refractivity contribution < 1.29 is 58.5 Å². The molecule has 98 valence electrons. The Morgan fingerprint density at radius 3 is 1.06 bits per heavy atom. The van der Waals surface area contributed by atoms with Crippen LogP contribution in [-0.2, 0) is 27.4 Å². The van der Waals surface area contributed by atoms with Gasteiger partial charge in [-0.2, -0.15) is 0 Å². The molecule has 0 radical (unpaired) electrons. The van der Waals surface area contributed by atoms with Crippen LogP contribution < -0.4 is 0 Å². The smallest absolute Gasteiger partial charge is 0.539 e. The summed E-state index contributed by atoms with van der Waals surface area (Å²) in [5.41, 5.74) is 0. The second-order valence-electron chi connectivity index (χ2n) is 2.62. The van der Waals surface area contributed by atoms with Crippen LogP contribution in [0.1, 0.15) is 0 Å². The van der Waals surface area contributed by atoms with E-state index in [4.69, 9.17) is 20.1 Å². The molecule has 0 aliphatic carbocycles. The van der Waals surface area contributed by atoms with Crippen molar-refractivity contribution in [2.75, 3.05) is 0 Å². The van der Waals surface area contributed by atoms with Crippen LogP contribution in [0.3, 0.4) is 0 Å². The molecule has 8 N–H and O–H groups in total. The van der Waals surface area contributed by atoms with Gasteiger partial charge in [-0.15, -0.1) is 0 Å².